The normalized spacial score (nSPS) is 14.2. The van der Waals surface area contributed by atoms with E-state index in [1.54, 1.807) is 7.11 Å². The number of amidine groups is 1. The fourth-order valence-electron chi connectivity index (χ4n) is 2.26. The first-order valence-corrected chi connectivity index (χ1v) is 7.22. The van der Waals surface area contributed by atoms with E-state index in [0.717, 1.165) is 25.1 Å². The molecule has 0 radical (unpaired) electrons. The molecule has 1 rings (SSSR count). The summed E-state index contributed by atoms with van der Waals surface area (Å²) in [6.07, 6.45) is 1.07. The van der Waals surface area contributed by atoms with Crippen molar-refractivity contribution in [3.8, 4) is 0 Å². The molecule has 0 aromatic heterocycles. The molecule has 0 heterocycles. The van der Waals surface area contributed by atoms with Gasteiger partial charge in [0.1, 0.15) is 0 Å². The van der Waals surface area contributed by atoms with E-state index in [0.29, 0.717) is 12.6 Å². The molecule has 4 nitrogen and oxygen atoms in total. The van der Waals surface area contributed by atoms with Gasteiger partial charge in [-0.2, -0.15) is 0 Å². The first-order valence-electron chi connectivity index (χ1n) is 7.22. The summed E-state index contributed by atoms with van der Waals surface area (Å²) in [6.45, 7) is 6.71. The van der Waals surface area contributed by atoms with E-state index in [4.69, 9.17) is 15.9 Å². The Bertz CT molecular complexity index is 394. The van der Waals surface area contributed by atoms with Crippen LogP contribution < -0.4 is 5.73 Å². The molecular formula is C16H27N3O. The second-order valence-corrected chi connectivity index (χ2v) is 5.16. The molecule has 4 heteroatoms. The van der Waals surface area contributed by atoms with Crippen molar-refractivity contribution in [2.24, 2.45) is 5.73 Å². The molecule has 0 saturated heterocycles. The average molecular weight is 277 g/mol. The highest BCUT2D eigenvalue weighted by Crippen LogP contribution is 2.18. The Morgan fingerprint density at radius 1 is 1.35 bits per heavy atom. The van der Waals surface area contributed by atoms with E-state index in [1.807, 2.05) is 30.3 Å². The maximum Gasteiger partial charge on any atom is 0.0995 e. The number of benzene rings is 1. The highest BCUT2D eigenvalue weighted by molar-refractivity contribution is 5.84. The molecule has 2 atom stereocenters. The smallest absolute Gasteiger partial charge is 0.0995 e. The third-order valence-corrected chi connectivity index (χ3v) is 3.79. The monoisotopic (exact) mass is 277 g/mol. The third-order valence-electron chi connectivity index (χ3n) is 3.79. The molecule has 0 amide bonds. The summed E-state index contributed by atoms with van der Waals surface area (Å²) in [5.41, 5.74) is 6.92. The molecule has 2 unspecified atom stereocenters. The Balaban J connectivity index is 2.83. The summed E-state index contributed by atoms with van der Waals surface area (Å²) in [5, 5.41) is 7.88. The second-order valence-electron chi connectivity index (χ2n) is 5.16. The van der Waals surface area contributed by atoms with Crippen LogP contribution in [0.15, 0.2) is 30.3 Å². The zero-order valence-electron chi connectivity index (χ0n) is 12.8. The van der Waals surface area contributed by atoms with Crippen molar-refractivity contribution in [3.63, 3.8) is 0 Å². The van der Waals surface area contributed by atoms with Gasteiger partial charge < -0.3 is 10.5 Å². The molecule has 0 aliphatic heterocycles. The average Bonchev–Trinajstić information content (AvgIpc) is 2.47. The molecular weight excluding hydrogens is 250 g/mol. The van der Waals surface area contributed by atoms with Crippen LogP contribution in [0.25, 0.3) is 0 Å². The fraction of sp³-hybridized carbons (Fsp3) is 0.562. The minimum atomic E-state index is -0.0537. The maximum absolute atomic E-state index is 7.88. The van der Waals surface area contributed by atoms with E-state index in [-0.39, 0.29) is 11.8 Å². The molecule has 0 saturated carbocycles. The molecule has 0 aliphatic rings. The molecule has 1 aromatic carbocycles. The molecule has 20 heavy (non-hydrogen) atoms. The van der Waals surface area contributed by atoms with Gasteiger partial charge in [-0.05, 0) is 18.9 Å². The number of hydrogen-bond acceptors (Lipinski definition) is 3. The van der Waals surface area contributed by atoms with Gasteiger partial charge >= 0.3 is 0 Å². The number of nitrogens with two attached hydrogens (primary N) is 1. The largest absolute Gasteiger partial charge is 0.387 e. The molecule has 3 N–H and O–H groups in total. The minimum absolute atomic E-state index is 0.0537. The Kier molecular flexibility index (Phi) is 7.26. The van der Waals surface area contributed by atoms with Crippen LogP contribution >= 0.6 is 0 Å². The Hall–Kier alpha value is -1.39. The Labute approximate surface area is 122 Å². The molecule has 0 aliphatic carbocycles. The van der Waals surface area contributed by atoms with Crippen LogP contribution in [-0.4, -0.2) is 43.6 Å². The predicted molar refractivity (Wildman–Crippen MR) is 84.3 cm³/mol. The van der Waals surface area contributed by atoms with Crippen LogP contribution in [0.1, 0.15) is 31.7 Å². The van der Waals surface area contributed by atoms with Gasteiger partial charge in [-0.3, -0.25) is 10.3 Å². The highest BCUT2D eigenvalue weighted by atomic mass is 16.5. The van der Waals surface area contributed by atoms with E-state index >= 15 is 0 Å². The van der Waals surface area contributed by atoms with Gasteiger partial charge in [-0.15, -0.1) is 0 Å². The van der Waals surface area contributed by atoms with Gasteiger partial charge in [0.15, 0.2) is 0 Å². The maximum atomic E-state index is 7.88. The van der Waals surface area contributed by atoms with Gasteiger partial charge in [0.2, 0.25) is 0 Å². The lowest BCUT2D eigenvalue weighted by Crippen LogP contribution is -2.41. The Morgan fingerprint density at radius 3 is 2.50 bits per heavy atom. The zero-order chi connectivity index (χ0) is 15.0. The van der Waals surface area contributed by atoms with E-state index in [9.17, 15) is 0 Å². The SMILES string of the molecule is CCC(C)N(CCOC)CC(C(=N)N)c1ccccc1. The van der Waals surface area contributed by atoms with Crippen LogP contribution in [0.2, 0.25) is 0 Å². The van der Waals surface area contributed by atoms with Gasteiger partial charge in [0.25, 0.3) is 0 Å². The van der Waals surface area contributed by atoms with Gasteiger partial charge in [-0.1, -0.05) is 37.3 Å². The quantitative estimate of drug-likeness (QED) is 0.538. The van der Waals surface area contributed by atoms with Gasteiger partial charge in [0, 0.05) is 26.2 Å². The standard InChI is InChI=1S/C16H27N3O/c1-4-13(2)19(10-11-20-3)12-15(16(17)18)14-8-6-5-7-9-14/h5-9,13,15H,4,10-12H2,1-3H3,(H3,17,18). The van der Waals surface area contributed by atoms with Gasteiger partial charge in [-0.25, -0.2) is 0 Å². The van der Waals surface area contributed by atoms with Crippen LogP contribution in [0.4, 0.5) is 0 Å². The molecule has 0 fully saturated rings. The van der Waals surface area contributed by atoms with Crippen molar-refractivity contribution in [1.29, 1.82) is 5.41 Å². The summed E-state index contributed by atoms with van der Waals surface area (Å²) in [7, 11) is 1.72. The topological polar surface area (TPSA) is 62.3 Å². The lowest BCUT2D eigenvalue weighted by atomic mass is 9.96. The lowest BCUT2D eigenvalue weighted by Gasteiger charge is -2.31. The van der Waals surface area contributed by atoms with Crippen molar-refractivity contribution < 1.29 is 4.74 Å². The van der Waals surface area contributed by atoms with Crippen molar-refractivity contribution in [2.45, 2.75) is 32.2 Å². The molecule has 1 aromatic rings. The van der Waals surface area contributed by atoms with E-state index < -0.39 is 0 Å². The predicted octanol–water partition coefficient (Wildman–Crippen LogP) is 2.45. The zero-order valence-corrected chi connectivity index (χ0v) is 12.8. The van der Waals surface area contributed by atoms with Crippen molar-refractivity contribution in [2.75, 3.05) is 26.8 Å². The number of nitrogens with zero attached hydrogens (tertiary/aromatic N) is 1. The molecule has 0 spiro atoms. The Morgan fingerprint density at radius 2 is 2.00 bits per heavy atom. The fourth-order valence-corrected chi connectivity index (χ4v) is 2.26. The summed E-state index contributed by atoms with van der Waals surface area (Å²) in [5.74, 6) is 0.170. The summed E-state index contributed by atoms with van der Waals surface area (Å²) in [6, 6.07) is 10.5. The van der Waals surface area contributed by atoms with Crippen LogP contribution in [0, 0.1) is 5.41 Å². The number of hydrogen-bond donors (Lipinski definition) is 2. The minimum Gasteiger partial charge on any atom is -0.387 e. The highest BCUT2D eigenvalue weighted by Gasteiger charge is 2.21. The number of rotatable bonds is 9. The number of methoxy groups -OCH3 is 1. The molecule has 0 bridgehead atoms. The molecule has 112 valence electrons. The second kappa shape index (κ2) is 8.72. The first kappa shape index (κ1) is 16.7. The van der Waals surface area contributed by atoms with Crippen molar-refractivity contribution >= 4 is 5.84 Å². The number of ether oxygens (including phenoxy) is 1. The van der Waals surface area contributed by atoms with Crippen molar-refractivity contribution in [3.05, 3.63) is 35.9 Å². The summed E-state index contributed by atoms with van der Waals surface area (Å²) < 4.78 is 5.19. The lowest BCUT2D eigenvalue weighted by molar-refractivity contribution is 0.122. The number of nitrogens with one attached hydrogen (secondary N) is 1. The van der Waals surface area contributed by atoms with Crippen LogP contribution in [-0.2, 0) is 4.74 Å². The summed E-state index contributed by atoms with van der Waals surface area (Å²) >= 11 is 0. The van der Waals surface area contributed by atoms with Crippen LogP contribution in [0.3, 0.4) is 0 Å². The van der Waals surface area contributed by atoms with Crippen LogP contribution in [0.5, 0.6) is 0 Å². The third kappa shape index (κ3) is 4.94. The van der Waals surface area contributed by atoms with E-state index in [1.165, 1.54) is 0 Å². The van der Waals surface area contributed by atoms with Crippen molar-refractivity contribution in [1.82, 2.24) is 4.90 Å². The first-order chi connectivity index (χ1) is 9.60. The van der Waals surface area contributed by atoms with E-state index in [2.05, 4.69) is 18.7 Å². The van der Waals surface area contributed by atoms with Gasteiger partial charge in [0.05, 0.1) is 18.4 Å². The summed E-state index contributed by atoms with van der Waals surface area (Å²) in [4.78, 5) is 2.35.